The van der Waals surface area contributed by atoms with E-state index in [1.165, 1.54) is 17.6 Å². The number of nitrogens with one attached hydrogen (secondary N) is 3. The van der Waals surface area contributed by atoms with E-state index in [1.807, 2.05) is 13.8 Å². The lowest BCUT2D eigenvalue weighted by Crippen LogP contribution is -2.17. The summed E-state index contributed by atoms with van der Waals surface area (Å²) < 4.78 is 10.2. The summed E-state index contributed by atoms with van der Waals surface area (Å²) in [5.74, 6) is 0.153. The highest BCUT2D eigenvalue weighted by atomic mass is 32.1. The van der Waals surface area contributed by atoms with Crippen molar-refractivity contribution in [2.24, 2.45) is 5.92 Å². The number of anilines is 3. The van der Waals surface area contributed by atoms with Crippen molar-refractivity contribution in [3.63, 3.8) is 0 Å². The number of carbonyl (C=O) groups excluding carboxylic acids is 3. The third kappa shape index (κ3) is 6.67. The molecule has 1 aromatic carbocycles. The Bertz CT molecular complexity index is 1110. The molecule has 0 spiro atoms. The van der Waals surface area contributed by atoms with Gasteiger partial charge in [0.05, 0.1) is 30.5 Å². The molecular weight excluding hydrogens is 432 g/mol. The molecule has 0 fully saturated rings. The molecule has 3 aromatic rings. The van der Waals surface area contributed by atoms with Crippen molar-refractivity contribution in [1.82, 2.24) is 4.98 Å². The summed E-state index contributed by atoms with van der Waals surface area (Å²) in [4.78, 5) is 40.7. The SMILES string of the molecule is Cc1occc1C(=O)Nc1nc(CC(=O)Nc2cccc(NC(=O)OCC(C)C)c2)cs1. The number of aryl methyl sites for hydroxylation is 1. The molecule has 3 amide bonds. The number of furan rings is 1. The Balaban J connectivity index is 1.52. The minimum absolute atomic E-state index is 0.0329. The maximum atomic E-state index is 12.4. The number of thiazole rings is 1. The predicted molar refractivity (Wildman–Crippen MR) is 122 cm³/mol. The molecule has 2 aromatic heterocycles. The van der Waals surface area contributed by atoms with Gasteiger partial charge in [-0.05, 0) is 37.1 Å². The molecular formula is C22H24N4O5S. The second-order valence-corrected chi connectivity index (χ2v) is 8.27. The second-order valence-electron chi connectivity index (χ2n) is 7.41. The minimum atomic E-state index is -0.551. The van der Waals surface area contributed by atoms with Gasteiger partial charge in [0.25, 0.3) is 5.91 Å². The van der Waals surface area contributed by atoms with Crippen molar-refractivity contribution >= 4 is 45.8 Å². The van der Waals surface area contributed by atoms with E-state index in [9.17, 15) is 14.4 Å². The molecule has 0 aliphatic rings. The molecule has 0 aliphatic carbocycles. The molecule has 3 N–H and O–H groups in total. The molecule has 0 saturated carbocycles. The molecule has 0 atom stereocenters. The van der Waals surface area contributed by atoms with Crippen LogP contribution >= 0.6 is 11.3 Å². The molecule has 32 heavy (non-hydrogen) atoms. The highest BCUT2D eigenvalue weighted by molar-refractivity contribution is 7.14. The zero-order valence-electron chi connectivity index (χ0n) is 17.9. The first kappa shape index (κ1) is 23.0. The predicted octanol–water partition coefficient (Wildman–Crippen LogP) is 4.68. The molecule has 0 bridgehead atoms. The Hall–Kier alpha value is -3.66. The molecule has 0 aliphatic heterocycles. The quantitative estimate of drug-likeness (QED) is 0.452. The largest absolute Gasteiger partial charge is 0.469 e. The Labute approximate surface area is 189 Å². The first-order valence-corrected chi connectivity index (χ1v) is 10.8. The average molecular weight is 457 g/mol. The van der Waals surface area contributed by atoms with Crippen molar-refractivity contribution in [2.45, 2.75) is 27.2 Å². The third-order valence-electron chi connectivity index (χ3n) is 4.16. The fourth-order valence-electron chi connectivity index (χ4n) is 2.67. The van der Waals surface area contributed by atoms with Crippen molar-refractivity contribution < 1.29 is 23.5 Å². The van der Waals surface area contributed by atoms with E-state index >= 15 is 0 Å². The van der Waals surface area contributed by atoms with Gasteiger partial charge in [-0.1, -0.05) is 19.9 Å². The van der Waals surface area contributed by atoms with E-state index in [1.54, 1.807) is 42.6 Å². The van der Waals surface area contributed by atoms with E-state index in [2.05, 4.69) is 20.9 Å². The molecule has 3 rings (SSSR count). The van der Waals surface area contributed by atoms with Gasteiger partial charge in [0.1, 0.15) is 5.76 Å². The van der Waals surface area contributed by atoms with Gasteiger partial charge >= 0.3 is 6.09 Å². The number of hydrogen-bond donors (Lipinski definition) is 3. The van der Waals surface area contributed by atoms with Crippen LogP contribution in [0.1, 0.15) is 35.7 Å². The van der Waals surface area contributed by atoms with Crippen LogP contribution in [-0.2, 0) is 16.0 Å². The van der Waals surface area contributed by atoms with Crippen LogP contribution in [0.15, 0.2) is 46.4 Å². The fraction of sp³-hybridized carbons (Fsp3) is 0.273. The Kier molecular flexibility index (Phi) is 7.61. The van der Waals surface area contributed by atoms with Gasteiger partial charge in [0.2, 0.25) is 5.91 Å². The van der Waals surface area contributed by atoms with Crippen LogP contribution in [0, 0.1) is 12.8 Å². The maximum absolute atomic E-state index is 12.4. The second kappa shape index (κ2) is 10.6. The summed E-state index contributed by atoms with van der Waals surface area (Å²) in [7, 11) is 0. The lowest BCUT2D eigenvalue weighted by molar-refractivity contribution is -0.115. The van der Waals surface area contributed by atoms with Gasteiger partial charge in [0.15, 0.2) is 5.13 Å². The number of nitrogens with zero attached hydrogens (tertiary/aromatic N) is 1. The molecule has 10 heteroatoms. The topological polar surface area (TPSA) is 123 Å². The van der Waals surface area contributed by atoms with Gasteiger partial charge in [-0.3, -0.25) is 20.2 Å². The number of benzene rings is 1. The Morgan fingerprint density at radius 2 is 1.88 bits per heavy atom. The van der Waals surface area contributed by atoms with E-state index < -0.39 is 6.09 Å². The summed E-state index contributed by atoms with van der Waals surface area (Å²) in [5.41, 5.74) is 1.99. The van der Waals surface area contributed by atoms with Crippen LogP contribution in [0.2, 0.25) is 0 Å². The maximum Gasteiger partial charge on any atom is 0.411 e. The van der Waals surface area contributed by atoms with Crippen LogP contribution in [0.25, 0.3) is 0 Å². The number of aromatic nitrogens is 1. The number of ether oxygens (including phenoxy) is 1. The third-order valence-corrected chi connectivity index (χ3v) is 4.96. The molecule has 0 saturated heterocycles. The highest BCUT2D eigenvalue weighted by Gasteiger charge is 2.15. The van der Waals surface area contributed by atoms with Crippen molar-refractivity contribution in [1.29, 1.82) is 0 Å². The fourth-order valence-corrected chi connectivity index (χ4v) is 3.38. The molecule has 0 unspecified atom stereocenters. The summed E-state index contributed by atoms with van der Waals surface area (Å²) in [6.45, 7) is 5.91. The van der Waals surface area contributed by atoms with E-state index in [0.29, 0.717) is 40.1 Å². The van der Waals surface area contributed by atoms with Gasteiger partial charge < -0.3 is 14.5 Å². The number of hydrogen-bond acceptors (Lipinski definition) is 7. The van der Waals surface area contributed by atoms with Crippen molar-refractivity contribution in [2.75, 3.05) is 22.6 Å². The zero-order valence-corrected chi connectivity index (χ0v) is 18.7. The van der Waals surface area contributed by atoms with E-state index in [0.717, 1.165) is 0 Å². The van der Waals surface area contributed by atoms with Crippen molar-refractivity contribution in [3.05, 3.63) is 59.0 Å². The summed E-state index contributed by atoms with van der Waals surface area (Å²) in [6.07, 6.45) is 0.927. The van der Waals surface area contributed by atoms with Gasteiger partial charge in [0, 0.05) is 16.8 Å². The van der Waals surface area contributed by atoms with Crippen LogP contribution in [-0.4, -0.2) is 29.5 Å². The molecule has 168 valence electrons. The average Bonchev–Trinajstić information content (AvgIpc) is 3.35. The van der Waals surface area contributed by atoms with E-state index in [4.69, 9.17) is 9.15 Å². The number of carbonyl (C=O) groups is 3. The molecule has 0 radical (unpaired) electrons. The van der Waals surface area contributed by atoms with Crippen LogP contribution in [0.5, 0.6) is 0 Å². The summed E-state index contributed by atoms with van der Waals surface area (Å²) in [5, 5.41) is 10.2. The van der Waals surface area contributed by atoms with Crippen molar-refractivity contribution in [3.8, 4) is 0 Å². The van der Waals surface area contributed by atoms with Gasteiger partial charge in [-0.15, -0.1) is 11.3 Å². The lowest BCUT2D eigenvalue weighted by atomic mass is 10.2. The Morgan fingerprint density at radius 3 is 2.56 bits per heavy atom. The molecule has 2 heterocycles. The number of amides is 3. The first-order valence-electron chi connectivity index (χ1n) is 9.93. The zero-order chi connectivity index (χ0) is 23.1. The standard InChI is InChI=1S/C22H24N4O5S/c1-13(2)11-31-22(29)25-16-6-4-5-15(9-16)23-19(27)10-17-12-32-21(24-17)26-20(28)18-7-8-30-14(18)3/h4-9,12-13H,10-11H2,1-3H3,(H,23,27)(H,25,29)(H,24,26,28). The summed E-state index contributed by atoms with van der Waals surface area (Å²) >= 11 is 1.23. The van der Waals surface area contributed by atoms with Crippen LogP contribution < -0.4 is 16.0 Å². The normalized spacial score (nSPS) is 10.6. The first-order chi connectivity index (χ1) is 15.3. The van der Waals surface area contributed by atoms with Crippen LogP contribution in [0.3, 0.4) is 0 Å². The van der Waals surface area contributed by atoms with Crippen LogP contribution in [0.4, 0.5) is 21.3 Å². The monoisotopic (exact) mass is 456 g/mol. The smallest absolute Gasteiger partial charge is 0.411 e. The number of rotatable bonds is 8. The minimum Gasteiger partial charge on any atom is -0.469 e. The van der Waals surface area contributed by atoms with Gasteiger partial charge in [-0.2, -0.15) is 0 Å². The highest BCUT2D eigenvalue weighted by Crippen LogP contribution is 2.20. The Morgan fingerprint density at radius 1 is 1.12 bits per heavy atom. The molecule has 9 nitrogen and oxygen atoms in total. The van der Waals surface area contributed by atoms with Gasteiger partial charge in [-0.25, -0.2) is 9.78 Å². The lowest BCUT2D eigenvalue weighted by Gasteiger charge is -2.10. The summed E-state index contributed by atoms with van der Waals surface area (Å²) in [6, 6.07) is 8.34. The van der Waals surface area contributed by atoms with E-state index in [-0.39, 0.29) is 24.2 Å².